The molecular weight excluding hydrogens is 382 g/mol. The van der Waals surface area contributed by atoms with Gasteiger partial charge in [0.25, 0.3) is 0 Å². The molecule has 1 atom stereocenters. The van der Waals surface area contributed by atoms with Gasteiger partial charge in [-0.15, -0.1) is 0 Å². The monoisotopic (exact) mass is 401 g/mol. The minimum Gasteiger partial charge on any atom is -0.463 e. The largest absolute Gasteiger partial charge is 0.463 e. The van der Waals surface area contributed by atoms with E-state index in [1.165, 1.54) is 0 Å². The third kappa shape index (κ3) is 4.11. The molecule has 30 heavy (non-hydrogen) atoms. The van der Waals surface area contributed by atoms with E-state index in [0.29, 0.717) is 22.6 Å². The molecule has 2 aromatic carbocycles. The van der Waals surface area contributed by atoms with Crippen LogP contribution in [0.4, 0.5) is 0 Å². The number of rotatable bonds is 5. The van der Waals surface area contributed by atoms with E-state index >= 15 is 0 Å². The number of nitrogens with two attached hydrogens (primary N) is 1. The summed E-state index contributed by atoms with van der Waals surface area (Å²) in [6, 6.07) is 17.8. The molecule has 1 heterocycles. The second-order valence-corrected chi connectivity index (χ2v) is 6.43. The Morgan fingerprint density at radius 3 is 2.50 bits per heavy atom. The summed E-state index contributed by atoms with van der Waals surface area (Å²) >= 11 is 0. The van der Waals surface area contributed by atoms with Gasteiger partial charge in [0.05, 0.1) is 29.7 Å². The van der Waals surface area contributed by atoms with E-state index in [1.54, 1.807) is 62.4 Å². The lowest BCUT2D eigenvalue weighted by molar-refractivity contribution is -0.139. The first-order valence-corrected chi connectivity index (χ1v) is 9.22. The summed E-state index contributed by atoms with van der Waals surface area (Å²) in [4.78, 5) is 12.6. The highest BCUT2D eigenvalue weighted by Crippen LogP contribution is 2.40. The molecule has 0 spiro atoms. The fraction of sp³-hybridized carbons (Fsp3) is 0.174. The lowest BCUT2D eigenvalue weighted by Gasteiger charge is -2.27. The van der Waals surface area contributed by atoms with Gasteiger partial charge in [-0.25, -0.2) is 4.79 Å². The van der Waals surface area contributed by atoms with Crippen LogP contribution in [-0.4, -0.2) is 12.6 Å². The molecule has 0 aromatic heterocycles. The highest BCUT2D eigenvalue weighted by molar-refractivity contribution is 5.92. The molecule has 0 radical (unpaired) electrons. The minimum atomic E-state index is -0.743. The van der Waals surface area contributed by atoms with Crippen molar-refractivity contribution in [2.45, 2.75) is 19.8 Å². The maximum absolute atomic E-state index is 12.6. The van der Waals surface area contributed by atoms with E-state index in [4.69, 9.17) is 25.2 Å². The quantitative estimate of drug-likeness (QED) is 0.752. The molecule has 0 bridgehead atoms. The number of nitriles is 2. The van der Waals surface area contributed by atoms with Crippen molar-refractivity contribution >= 4 is 5.97 Å². The summed E-state index contributed by atoms with van der Waals surface area (Å²) < 4.78 is 16.5. The molecule has 0 fully saturated rings. The number of esters is 1. The van der Waals surface area contributed by atoms with Crippen LogP contribution in [0.1, 0.15) is 30.9 Å². The Kier molecular flexibility index (Phi) is 6.05. The van der Waals surface area contributed by atoms with Gasteiger partial charge in [0.2, 0.25) is 5.88 Å². The van der Waals surface area contributed by atoms with Crippen molar-refractivity contribution in [2.75, 3.05) is 6.61 Å². The molecule has 2 N–H and O–H groups in total. The fourth-order valence-electron chi connectivity index (χ4n) is 3.18. The van der Waals surface area contributed by atoms with E-state index in [1.807, 2.05) is 6.07 Å². The van der Waals surface area contributed by atoms with E-state index in [9.17, 15) is 10.1 Å². The second kappa shape index (κ2) is 8.85. The molecule has 1 aliphatic heterocycles. The number of hydrogen-bond donors (Lipinski definition) is 1. The third-order valence-electron chi connectivity index (χ3n) is 4.51. The van der Waals surface area contributed by atoms with Gasteiger partial charge in [-0.3, -0.25) is 0 Å². The molecular formula is C23H19N3O4. The molecule has 0 saturated heterocycles. The molecule has 150 valence electrons. The Morgan fingerprint density at radius 2 is 1.87 bits per heavy atom. The smallest absolute Gasteiger partial charge is 0.338 e. The van der Waals surface area contributed by atoms with Crippen LogP contribution in [0, 0.1) is 22.7 Å². The van der Waals surface area contributed by atoms with Gasteiger partial charge in [0.15, 0.2) is 0 Å². The highest BCUT2D eigenvalue weighted by Gasteiger charge is 2.36. The Morgan fingerprint density at radius 1 is 1.13 bits per heavy atom. The average Bonchev–Trinajstić information content (AvgIpc) is 2.74. The van der Waals surface area contributed by atoms with Crippen LogP contribution in [0.2, 0.25) is 0 Å². The summed E-state index contributed by atoms with van der Waals surface area (Å²) in [5, 5.41) is 18.6. The van der Waals surface area contributed by atoms with Crippen molar-refractivity contribution in [1.29, 1.82) is 10.5 Å². The van der Waals surface area contributed by atoms with Crippen molar-refractivity contribution < 1.29 is 19.0 Å². The first-order chi connectivity index (χ1) is 14.5. The van der Waals surface area contributed by atoms with E-state index in [2.05, 4.69) is 6.07 Å². The molecule has 7 nitrogen and oxygen atoms in total. The van der Waals surface area contributed by atoms with Crippen LogP contribution < -0.4 is 10.5 Å². The van der Waals surface area contributed by atoms with Gasteiger partial charge in [-0.2, -0.15) is 10.5 Å². The first kappa shape index (κ1) is 20.5. The van der Waals surface area contributed by atoms with Crippen LogP contribution >= 0.6 is 0 Å². The van der Waals surface area contributed by atoms with Crippen molar-refractivity contribution in [3.05, 3.63) is 82.4 Å². The van der Waals surface area contributed by atoms with Crippen molar-refractivity contribution in [3.8, 4) is 23.6 Å². The Bertz CT molecular complexity index is 1120. The van der Waals surface area contributed by atoms with Gasteiger partial charge in [-0.1, -0.05) is 12.1 Å². The highest BCUT2D eigenvalue weighted by atomic mass is 16.5. The predicted molar refractivity (Wildman–Crippen MR) is 108 cm³/mol. The van der Waals surface area contributed by atoms with Crippen LogP contribution in [-0.2, 0) is 14.3 Å². The number of ether oxygens (including phenoxy) is 3. The lowest BCUT2D eigenvalue weighted by atomic mass is 9.83. The van der Waals surface area contributed by atoms with Gasteiger partial charge < -0.3 is 19.9 Å². The van der Waals surface area contributed by atoms with Gasteiger partial charge >= 0.3 is 5.97 Å². The molecule has 0 saturated carbocycles. The summed E-state index contributed by atoms with van der Waals surface area (Å²) in [7, 11) is 0. The number of nitrogens with zero attached hydrogens (tertiary/aromatic N) is 2. The summed E-state index contributed by atoms with van der Waals surface area (Å²) in [6.45, 7) is 3.50. The number of hydrogen-bond acceptors (Lipinski definition) is 7. The van der Waals surface area contributed by atoms with Crippen molar-refractivity contribution in [3.63, 3.8) is 0 Å². The lowest BCUT2D eigenvalue weighted by Crippen LogP contribution is -2.25. The standard InChI is InChI=1S/C23H19N3O4/c1-3-28-23(27)20-14(2)29-22(26)19(13-25)21(20)16-5-4-6-18(11-16)30-17-9-7-15(12-24)8-10-17/h4-11,21H,3,26H2,1-2H3. The average molecular weight is 401 g/mol. The SMILES string of the molecule is CCOC(=O)C1=C(C)OC(N)=C(C#N)C1c1cccc(Oc2ccc(C#N)cc2)c1. The molecule has 7 heteroatoms. The number of carbonyl (C=O) groups is 1. The van der Waals surface area contributed by atoms with Gasteiger partial charge in [0, 0.05) is 0 Å². The fourth-order valence-corrected chi connectivity index (χ4v) is 3.18. The van der Waals surface area contributed by atoms with Crippen LogP contribution in [0.15, 0.2) is 71.3 Å². The number of allylic oxidation sites excluding steroid dienone is 2. The zero-order valence-corrected chi connectivity index (χ0v) is 16.5. The maximum atomic E-state index is 12.6. The second-order valence-electron chi connectivity index (χ2n) is 6.43. The number of carbonyl (C=O) groups excluding carboxylic acids is 1. The zero-order valence-electron chi connectivity index (χ0n) is 16.5. The Labute approximate surface area is 174 Å². The molecule has 2 aromatic rings. The molecule has 3 rings (SSSR count). The van der Waals surface area contributed by atoms with Gasteiger partial charge in [-0.05, 0) is 55.8 Å². The van der Waals surface area contributed by atoms with Crippen molar-refractivity contribution in [2.24, 2.45) is 5.73 Å². The van der Waals surface area contributed by atoms with Crippen LogP contribution in [0.5, 0.6) is 11.5 Å². The molecule has 1 aliphatic rings. The summed E-state index contributed by atoms with van der Waals surface area (Å²) in [5.74, 6) is -0.0303. The topological polar surface area (TPSA) is 118 Å². The van der Waals surface area contributed by atoms with Crippen molar-refractivity contribution in [1.82, 2.24) is 0 Å². The Balaban J connectivity index is 2.01. The summed E-state index contributed by atoms with van der Waals surface area (Å²) in [6.07, 6.45) is 0. The van der Waals surface area contributed by atoms with E-state index in [-0.39, 0.29) is 29.4 Å². The molecule has 1 unspecified atom stereocenters. The van der Waals surface area contributed by atoms with Crippen LogP contribution in [0.3, 0.4) is 0 Å². The first-order valence-electron chi connectivity index (χ1n) is 9.22. The number of benzene rings is 2. The normalized spacial score (nSPS) is 15.7. The zero-order chi connectivity index (χ0) is 21.7. The van der Waals surface area contributed by atoms with Gasteiger partial charge in [0.1, 0.15) is 28.9 Å². The minimum absolute atomic E-state index is 0.0496. The molecule has 0 aliphatic carbocycles. The maximum Gasteiger partial charge on any atom is 0.338 e. The summed E-state index contributed by atoms with van der Waals surface area (Å²) in [5.41, 5.74) is 7.42. The predicted octanol–water partition coefficient (Wildman–Crippen LogP) is 4.00. The third-order valence-corrected chi connectivity index (χ3v) is 4.51. The van der Waals surface area contributed by atoms with E-state index in [0.717, 1.165) is 0 Å². The van der Waals surface area contributed by atoms with E-state index < -0.39 is 11.9 Å². The Hall–Kier alpha value is -4.23. The molecule has 0 amide bonds. The van der Waals surface area contributed by atoms with Crippen LogP contribution in [0.25, 0.3) is 0 Å².